The largest absolute Gasteiger partial charge is 0.332 e. The molecule has 2 heterocycles. The first kappa shape index (κ1) is 12.0. The fourth-order valence-corrected chi connectivity index (χ4v) is 2.64. The van der Waals surface area contributed by atoms with Gasteiger partial charge >= 0.3 is 6.03 Å². The summed E-state index contributed by atoms with van der Waals surface area (Å²) in [6, 6.07) is -0.848. The number of thioether (sulfide) groups is 1. The topological polar surface area (TPSA) is 65.0 Å². The fraction of sp³-hybridized carbons (Fsp3) is 0.500. The number of nitrogens with one attached hydrogen (secondary N) is 1. The standard InChI is InChI=1S/C10H14N4O2S/c1-4-5-14-6-7(11-10(14)17-3)13(2)9(16)12-8(6)15/h4,6-7H,1,5H2,2-3H3,(H,12,15,16). The van der Waals surface area contributed by atoms with E-state index < -0.39 is 18.2 Å². The van der Waals surface area contributed by atoms with Gasteiger partial charge in [-0.05, 0) is 6.26 Å². The second kappa shape index (κ2) is 4.40. The molecule has 0 saturated carbocycles. The van der Waals surface area contributed by atoms with Crippen molar-refractivity contribution in [2.75, 3.05) is 19.8 Å². The number of amides is 3. The Bertz CT molecular complexity index is 409. The maximum atomic E-state index is 11.9. The normalized spacial score (nSPS) is 27.8. The van der Waals surface area contributed by atoms with Crippen LogP contribution in [0.4, 0.5) is 4.79 Å². The van der Waals surface area contributed by atoms with Gasteiger partial charge in [0, 0.05) is 13.6 Å². The second-order valence-electron chi connectivity index (χ2n) is 3.82. The Morgan fingerprint density at radius 1 is 1.59 bits per heavy atom. The van der Waals surface area contributed by atoms with Crippen LogP contribution in [0.1, 0.15) is 0 Å². The van der Waals surface area contributed by atoms with E-state index >= 15 is 0 Å². The van der Waals surface area contributed by atoms with E-state index in [1.165, 1.54) is 16.7 Å². The van der Waals surface area contributed by atoms with E-state index in [4.69, 9.17) is 0 Å². The van der Waals surface area contributed by atoms with Gasteiger partial charge in [-0.1, -0.05) is 17.8 Å². The number of carbonyl (C=O) groups is 2. The van der Waals surface area contributed by atoms with E-state index in [0.717, 1.165) is 5.17 Å². The highest BCUT2D eigenvalue weighted by atomic mass is 32.2. The van der Waals surface area contributed by atoms with Crippen molar-refractivity contribution in [3.8, 4) is 0 Å². The van der Waals surface area contributed by atoms with Crippen molar-refractivity contribution in [2.45, 2.75) is 12.2 Å². The van der Waals surface area contributed by atoms with Gasteiger partial charge in [0.2, 0.25) is 0 Å². The van der Waals surface area contributed by atoms with E-state index in [9.17, 15) is 9.59 Å². The van der Waals surface area contributed by atoms with Crippen molar-refractivity contribution >= 4 is 28.9 Å². The first-order chi connectivity index (χ1) is 8.10. The first-order valence-electron chi connectivity index (χ1n) is 5.17. The number of hydrogen-bond acceptors (Lipinski definition) is 5. The molecule has 3 amide bonds. The zero-order chi connectivity index (χ0) is 12.6. The molecule has 0 bridgehead atoms. The minimum Gasteiger partial charge on any atom is -0.332 e. The summed E-state index contributed by atoms with van der Waals surface area (Å²) in [4.78, 5) is 31.1. The molecule has 2 rings (SSSR count). The summed E-state index contributed by atoms with van der Waals surface area (Å²) in [6.45, 7) is 4.21. The van der Waals surface area contributed by atoms with Crippen molar-refractivity contribution in [1.29, 1.82) is 0 Å². The number of likely N-dealkylation sites (N-methyl/N-ethyl adjacent to an activating group) is 1. The number of fused-ring (bicyclic) bond motifs is 1. The van der Waals surface area contributed by atoms with Crippen molar-refractivity contribution in [2.24, 2.45) is 4.99 Å². The molecule has 2 unspecified atom stereocenters. The number of imide groups is 1. The quantitative estimate of drug-likeness (QED) is 0.709. The van der Waals surface area contributed by atoms with Crippen LogP contribution < -0.4 is 5.32 Å². The molecule has 2 aliphatic rings. The first-order valence-corrected chi connectivity index (χ1v) is 6.39. The smallest absolute Gasteiger partial charge is 0.325 e. The van der Waals surface area contributed by atoms with Gasteiger partial charge < -0.3 is 9.80 Å². The highest BCUT2D eigenvalue weighted by molar-refractivity contribution is 8.13. The van der Waals surface area contributed by atoms with Crippen molar-refractivity contribution < 1.29 is 9.59 Å². The number of nitrogens with zero attached hydrogens (tertiary/aromatic N) is 3. The zero-order valence-electron chi connectivity index (χ0n) is 9.71. The summed E-state index contributed by atoms with van der Waals surface area (Å²) in [6.07, 6.45) is 3.18. The number of rotatable bonds is 2. The summed E-state index contributed by atoms with van der Waals surface area (Å²) < 4.78 is 0. The average Bonchev–Trinajstić information content (AvgIpc) is 2.66. The van der Waals surface area contributed by atoms with Gasteiger partial charge in [-0.2, -0.15) is 0 Å². The fourth-order valence-electron chi connectivity index (χ4n) is 2.00. The average molecular weight is 254 g/mol. The van der Waals surface area contributed by atoms with Crippen LogP contribution in [0.3, 0.4) is 0 Å². The second-order valence-corrected chi connectivity index (χ2v) is 4.59. The van der Waals surface area contributed by atoms with Gasteiger partial charge in [0.25, 0.3) is 5.91 Å². The SMILES string of the molecule is C=CCN1C(SC)=NC2C1C(=O)NC(=O)N2C. The lowest BCUT2D eigenvalue weighted by Crippen LogP contribution is -2.63. The molecule has 1 fully saturated rings. The number of hydrogen-bond donors (Lipinski definition) is 1. The Morgan fingerprint density at radius 3 is 2.88 bits per heavy atom. The summed E-state index contributed by atoms with van der Waals surface area (Å²) >= 11 is 1.46. The Labute approximate surface area is 104 Å². The Morgan fingerprint density at radius 2 is 2.29 bits per heavy atom. The summed E-state index contributed by atoms with van der Waals surface area (Å²) in [5, 5.41) is 3.08. The zero-order valence-corrected chi connectivity index (χ0v) is 10.5. The molecule has 0 radical (unpaired) electrons. The van der Waals surface area contributed by atoms with Crippen LogP contribution in [0.2, 0.25) is 0 Å². The molecule has 2 aliphatic heterocycles. The van der Waals surface area contributed by atoms with E-state index in [1.807, 2.05) is 11.2 Å². The molecular weight excluding hydrogens is 240 g/mol. The monoisotopic (exact) mass is 254 g/mol. The molecule has 2 atom stereocenters. The lowest BCUT2D eigenvalue weighted by molar-refractivity contribution is -0.126. The molecule has 0 aromatic rings. The third kappa shape index (κ3) is 1.80. The summed E-state index contributed by atoms with van der Waals surface area (Å²) in [5.41, 5.74) is 0. The van der Waals surface area contributed by atoms with Gasteiger partial charge in [0.05, 0.1) is 0 Å². The maximum Gasteiger partial charge on any atom is 0.325 e. The van der Waals surface area contributed by atoms with Crippen molar-refractivity contribution in [1.82, 2.24) is 15.1 Å². The molecule has 0 aliphatic carbocycles. The molecule has 0 aromatic heterocycles. The van der Waals surface area contributed by atoms with Crippen molar-refractivity contribution in [3.05, 3.63) is 12.7 Å². The number of aliphatic imine (C=N–C) groups is 1. The van der Waals surface area contributed by atoms with Crippen LogP contribution in [0.25, 0.3) is 0 Å². The maximum absolute atomic E-state index is 11.9. The molecule has 17 heavy (non-hydrogen) atoms. The predicted molar refractivity (Wildman–Crippen MR) is 66.7 cm³/mol. The molecule has 1 saturated heterocycles. The van der Waals surface area contributed by atoms with E-state index in [0.29, 0.717) is 6.54 Å². The number of urea groups is 1. The number of amidine groups is 1. The highest BCUT2D eigenvalue weighted by Crippen LogP contribution is 2.27. The van der Waals surface area contributed by atoms with Crippen LogP contribution >= 0.6 is 11.8 Å². The van der Waals surface area contributed by atoms with Gasteiger partial charge in [0.15, 0.2) is 17.4 Å². The van der Waals surface area contributed by atoms with Crippen LogP contribution in [0.5, 0.6) is 0 Å². The molecular formula is C10H14N4O2S. The van der Waals surface area contributed by atoms with Gasteiger partial charge in [-0.25, -0.2) is 9.79 Å². The predicted octanol–water partition coefficient (Wildman–Crippen LogP) is 0.0833. The minimum atomic E-state index is -0.446. The Balaban J connectivity index is 2.33. The van der Waals surface area contributed by atoms with Gasteiger partial charge in [-0.3, -0.25) is 10.1 Å². The summed E-state index contributed by atoms with van der Waals surface area (Å²) in [7, 11) is 1.64. The van der Waals surface area contributed by atoms with Crippen LogP contribution in [0.15, 0.2) is 17.6 Å². The summed E-state index contributed by atoms with van der Waals surface area (Å²) in [5.74, 6) is -0.298. The third-order valence-corrected chi connectivity index (χ3v) is 3.54. The van der Waals surface area contributed by atoms with E-state index in [1.54, 1.807) is 13.1 Å². The lowest BCUT2D eigenvalue weighted by Gasteiger charge is -2.35. The minimum absolute atomic E-state index is 0.298. The molecule has 7 heteroatoms. The van der Waals surface area contributed by atoms with Gasteiger partial charge in [0.1, 0.15) is 0 Å². The number of carbonyl (C=O) groups excluding carboxylic acids is 2. The Kier molecular flexibility index (Phi) is 3.10. The Hall–Kier alpha value is -1.50. The molecule has 1 N–H and O–H groups in total. The molecule has 92 valence electrons. The van der Waals surface area contributed by atoms with Crippen LogP contribution in [-0.4, -0.2) is 59.0 Å². The lowest BCUT2D eigenvalue weighted by atomic mass is 10.1. The van der Waals surface area contributed by atoms with Crippen LogP contribution in [0, 0.1) is 0 Å². The molecule has 6 nitrogen and oxygen atoms in total. The van der Waals surface area contributed by atoms with Crippen molar-refractivity contribution in [3.63, 3.8) is 0 Å². The van der Waals surface area contributed by atoms with Gasteiger partial charge in [-0.15, -0.1) is 6.58 Å². The van der Waals surface area contributed by atoms with E-state index in [2.05, 4.69) is 16.9 Å². The van der Waals surface area contributed by atoms with E-state index in [-0.39, 0.29) is 5.91 Å². The van der Waals surface area contributed by atoms with Crippen LogP contribution in [-0.2, 0) is 4.79 Å². The highest BCUT2D eigenvalue weighted by Gasteiger charge is 2.47. The molecule has 0 aromatic carbocycles. The third-order valence-electron chi connectivity index (χ3n) is 2.83. The molecule has 0 spiro atoms.